The number of carbonyl (C=O) groups is 2. The van der Waals surface area contributed by atoms with Gasteiger partial charge in [-0.15, -0.1) is 0 Å². The highest BCUT2D eigenvalue weighted by Gasteiger charge is 2.40. The van der Waals surface area contributed by atoms with Crippen molar-refractivity contribution < 1.29 is 27.5 Å². The van der Waals surface area contributed by atoms with Gasteiger partial charge in [0.25, 0.3) is 15.9 Å². The second-order valence-electron chi connectivity index (χ2n) is 6.43. The van der Waals surface area contributed by atoms with Crippen LogP contribution in [0.25, 0.3) is 0 Å². The Hall–Kier alpha value is -3.07. The first-order valence-electron chi connectivity index (χ1n) is 8.78. The molecule has 9 heteroatoms. The zero-order valence-electron chi connectivity index (χ0n) is 14.8. The Balaban J connectivity index is 1.31. The van der Waals surface area contributed by atoms with E-state index >= 15 is 0 Å². The van der Waals surface area contributed by atoms with Crippen LogP contribution in [0.15, 0.2) is 53.4 Å². The molecule has 2 aromatic carbocycles. The summed E-state index contributed by atoms with van der Waals surface area (Å²) in [7, 11) is -3.90. The van der Waals surface area contributed by atoms with E-state index in [4.69, 9.17) is 9.47 Å². The molecule has 0 radical (unpaired) electrons. The van der Waals surface area contributed by atoms with Crippen LogP contribution in [0.5, 0.6) is 11.5 Å². The Morgan fingerprint density at radius 3 is 2.61 bits per heavy atom. The summed E-state index contributed by atoms with van der Waals surface area (Å²) in [6.07, 6.45) is -0.483. The number of hydrogen-bond acceptors (Lipinski definition) is 6. The summed E-state index contributed by atoms with van der Waals surface area (Å²) in [5.41, 5.74) is 0.134. The third-order valence-electron chi connectivity index (χ3n) is 4.55. The fraction of sp³-hybridized carbons (Fsp3) is 0.263. The van der Waals surface area contributed by atoms with Crippen LogP contribution in [0.2, 0.25) is 0 Å². The van der Waals surface area contributed by atoms with E-state index in [9.17, 15) is 18.0 Å². The SMILES string of the molecule is O=C(CCN1C(=O)c2ccccc2S1(=O)=O)NCC1COc2ccccc2O1. The van der Waals surface area contributed by atoms with Gasteiger partial charge in [0.15, 0.2) is 11.5 Å². The van der Waals surface area contributed by atoms with Crippen molar-refractivity contribution in [3.8, 4) is 11.5 Å². The van der Waals surface area contributed by atoms with Crippen molar-refractivity contribution in [3.63, 3.8) is 0 Å². The van der Waals surface area contributed by atoms with E-state index in [1.807, 2.05) is 12.1 Å². The van der Waals surface area contributed by atoms with Crippen LogP contribution >= 0.6 is 0 Å². The smallest absolute Gasteiger partial charge is 0.269 e. The van der Waals surface area contributed by atoms with Gasteiger partial charge in [0.05, 0.1) is 12.1 Å². The molecule has 0 spiro atoms. The molecule has 28 heavy (non-hydrogen) atoms. The third kappa shape index (κ3) is 3.29. The van der Waals surface area contributed by atoms with Gasteiger partial charge in [-0.05, 0) is 24.3 Å². The molecule has 2 heterocycles. The number of amides is 2. The zero-order chi connectivity index (χ0) is 19.7. The largest absolute Gasteiger partial charge is 0.486 e. The lowest BCUT2D eigenvalue weighted by molar-refractivity contribution is -0.121. The minimum atomic E-state index is -3.90. The molecule has 0 saturated heterocycles. The molecule has 8 nitrogen and oxygen atoms in total. The molecular weight excluding hydrogens is 384 g/mol. The summed E-state index contributed by atoms with van der Waals surface area (Å²) in [4.78, 5) is 24.4. The van der Waals surface area contributed by atoms with Gasteiger partial charge in [-0.1, -0.05) is 24.3 Å². The molecular formula is C19H18N2O6S. The molecule has 0 aliphatic carbocycles. The number of hydrogen-bond donors (Lipinski definition) is 1. The van der Waals surface area contributed by atoms with Gasteiger partial charge >= 0.3 is 0 Å². The van der Waals surface area contributed by atoms with Crippen LogP contribution in [0.1, 0.15) is 16.8 Å². The Morgan fingerprint density at radius 1 is 1.11 bits per heavy atom. The minimum absolute atomic E-state index is 0.0215. The fourth-order valence-corrected chi connectivity index (χ4v) is 4.70. The van der Waals surface area contributed by atoms with Crippen LogP contribution in [0.4, 0.5) is 0 Å². The highest BCUT2D eigenvalue weighted by Crippen LogP contribution is 2.31. The average molecular weight is 402 g/mol. The van der Waals surface area contributed by atoms with E-state index in [0.717, 1.165) is 4.31 Å². The standard InChI is InChI=1S/C19H18N2O6S/c22-18(20-11-13-12-26-15-6-2-3-7-16(15)27-13)9-10-21-19(23)14-5-1-4-8-17(14)28(21,24)25/h1-8,13H,9-12H2,(H,20,22). The molecule has 1 N–H and O–H groups in total. The van der Waals surface area contributed by atoms with Crippen LogP contribution in [-0.4, -0.2) is 50.3 Å². The van der Waals surface area contributed by atoms with Crippen molar-refractivity contribution in [1.82, 2.24) is 9.62 Å². The van der Waals surface area contributed by atoms with E-state index < -0.39 is 15.9 Å². The average Bonchev–Trinajstić information content (AvgIpc) is 2.90. The Morgan fingerprint density at radius 2 is 1.82 bits per heavy atom. The zero-order valence-corrected chi connectivity index (χ0v) is 15.6. The van der Waals surface area contributed by atoms with Crippen LogP contribution in [0, 0.1) is 0 Å². The van der Waals surface area contributed by atoms with E-state index in [-0.39, 0.29) is 42.0 Å². The number of nitrogens with zero attached hydrogens (tertiary/aromatic N) is 1. The normalized spacial score (nSPS) is 19.2. The number of para-hydroxylation sites is 2. The Kier molecular flexibility index (Phi) is 4.68. The van der Waals surface area contributed by atoms with Crippen LogP contribution in [-0.2, 0) is 14.8 Å². The summed E-state index contributed by atoms with van der Waals surface area (Å²) >= 11 is 0. The first-order chi connectivity index (χ1) is 13.5. The second-order valence-corrected chi connectivity index (χ2v) is 8.26. The number of sulfonamides is 1. The Labute approximate surface area is 162 Å². The maximum absolute atomic E-state index is 12.5. The minimum Gasteiger partial charge on any atom is -0.486 e. The molecule has 1 unspecified atom stereocenters. The van der Waals surface area contributed by atoms with Crippen molar-refractivity contribution in [3.05, 3.63) is 54.1 Å². The number of benzene rings is 2. The van der Waals surface area contributed by atoms with E-state index in [1.54, 1.807) is 24.3 Å². The van der Waals surface area contributed by atoms with E-state index in [0.29, 0.717) is 18.1 Å². The first kappa shape index (κ1) is 18.3. The molecule has 2 aliphatic rings. The summed E-state index contributed by atoms with van der Waals surface area (Å²) in [6.45, 7) is 0.298. The monoisotopic (exact) mass is 402 g/mol. The number of rotatable bonds is 5. The van der Waals surface area contributed by atoms with Crippen molar-refractivity contribution in [2.75, 3.05) is 19.7 Å². The van der Waals surface area contributed by atoms with Gasteiger partial charge in [0.1, 0.15) is 17.6 Å². The van der Waals surface area contributed by atoms with Crippen LogP contribution in [0.3, 0.4) is 0 Å². The van der Waals surface area contributed by atoms with E-state index in [2.05, 4.69) is 5.32 Å². The molecule has 146 valence electrons. The molecule has 0 fully saturated rings. The van der Waals surface area contributed by atoms with Crippen LogP contribution < -0.4 is 14.8 Å². The molecule has 2 aromatic rings. The van der Waals surface area contributed by atoms with Crippen molar-refractivity contribution in [2.24, 2.45) is 0 Å². The van der Waals surface area contributed by atoms with Crippen molar-refractivity contribution >= 4 is 21.8 Å². The van der Waals surface area contributed by atoms with Gasteiger partial charge in [-0.25, -0.2) is 12.7 Å². The van der Waals surface area contributed by atoms with Gasteiger partial charge in [-0.2, -0.15) is 0 Å². The maximum atomic E-state index is 12.5. The molecule has 1 atom stereocenters. The second kappa shape index (κ2) is 7.16. The lowest BCUT2D eigenvalue weighted by Gasteiger charge is -2.26. The first-order valence-corrected chi connectivity index (χ1v) is 10.2. The lowest BCUT2D eigenvalue weighted by Crippen LogP contribution is -2.42. The summed E-state index contributed by atoms with van der Waals surface area (Å²) in [6, 6.07) is 13.3. The molecule has 4 rings (SSSR count). The molecule has 2 aliphatic heterocycles. The molecule has 0 bridgehead atoms. The van der Waals surface area contributed by atoms with Crippen molar-refractivity contribution in [2.45, 2.75) is 17.4 Å². The quantitative estimate of drug-likeness (QED) is 0.806. The predicted octanol–water partition coefficient (Wildman–Crippen LogP) is 1.18. The predicted molar refractivity (Wildman–Crippen MR) is 98.6 cm³/mol. The van der Waals surface area contributed by atoms with Gasteiger partial charge in [0, 0.05) is 13.0 Å². The molecule has 0 aromatic heterocycles. The highest BCUT2D eigenvalue weighted by molar-refractivity contribution is 7.90. The molecule has 0 saturated carbocycles. The number of fused-ring (bicyclic) bond motifs is 2. The topological polar surface area (TPSA) is 102 Å². The molecule has 2 amide bonds. The number of ether oxygens (including phenoxy) is 2. The highest BCUT2D eigenvalue weighted by atomic mass is 32.2. The summed E-state index contributed by atoms with van der Waals surface area (Å²) < 4.78 is 37.0. The van der Waals surface area contributed by atoms with Gasteiger partial charge < -0.3 is 14.8 Å². The van der Waals surface area contributed by atoms with Gasteiger partial charge in [-0.3, -0.25) is 9.59 Å². The van der Waals surface area contributed by atoms with Gasteiger partial charge in [0.2, 0.25) is 5.91 Å². The summed E-state index contributed by atoms with van der Waals surface area (Å²) in [5, 5.41) is 2.69. The number of nitrogens with one attached hydrogen (secondary N) is 1. The third-order valence-corrected chi connectivity index (χ3v) is 6.39. The summed E-state index contributed by atoms with van der Waals surface area (Å²) in [5.74, 6) is 0.285. The van der Waals surface area contributed by atoms with E-state index in [1.165, 1.54) is 12.1 Å². The Bertz CT molecular complexity index is 1040. The lowest BCUT2D eigenvalue weighted by atomic mass is 10.2. The fourth-order valence-electron chi connectivity index (χ4n) is 3.14. The number of carbonyl (C=O) groups excluding carboxylic acids is 2. The van der Waals surface area contributed by atoms with Crippen molar-refractivity contribution in [1.29, 1.82) is 0 Å². The maximum Gasteiger partial charge on any atom is 0.269 e.